The van der Waals surface area contributed by atoms with Crippen LogP contribution in [0.2, 0.25) is 0 Å². The molecule has 0 aliphatic carbocycles. The third kappa shape index (κ3) is 1.82. The Labute approximate surface area is 92.6 Å². The Hall–Kier alpha value is -0.830. The van der Waals surface area contributed by atoms with Crippen LogP contribution in [0.15, 0.2) is 28.7 Å². The van der Waals surface area contributed by atoms with Crippen molar-refractivity contribution in [3.05, 3.63) is 28.7 Å². The summed E-state index contributed by atoms with van der Waals surface area (Å²) in [5.74, 6) is 0.739. The number of nitrogens with one attached hydrogen (secondary N) is 1. The van der Waals surface area contributed by atoms with Crippen LogP contribution >= 0.6 is 15.9 Å². The van der Waals surface area contributed by atoms with E-state index in [1.165, 1.54) is 6.42 Å². The Morgan fingerprint density at radius 3 is 2.71 bits per heavy atom. The van der Waals surface area contributed by atoms with Crippen LogP contribution in [0.5, 0.6) is 0 Å². The molecule has 0 unspecified atom stereocenters. The van der Waals surface area contributed by atoms with Crippen molar-refractivity contribution in [1.29, 1.82) is 5.41 Å². The highest BCUT2D eigenvalue weighted by Gasteiger charge is 2.17. The van der Waals surface area contributed by atoms with Crippen LogP contribution in [-0.4, -0.2) is 12.4 Å². The van der Waals surface area contributed by atoms with Gasteiger partial charge >= 0.3 is 0 Å². The van der Waals surface area contributed by atoms with Gasteiger partial charge in [0.2, 0.25) is 0 Å². The summed E-state index contributed by atoms with van der Waals surface area (Å²) in [6.07, 6.45) is 3.24. The molecule has 0 amide bonds. The first-order valence-electron chi connectivity index (χ1n) is 4.88. The Morgan fingerprint density at radius 1 is 1.21 bits per heavy atom. The van der Waals surface area contributed by atoms with Crippen molar-refractivity contribution in [2.75, 3.05) is 11.4 Å². The summed E-state index contributed by atoms with van der Waals surface area (Å²) in [6, 6.07) is 8.10. The summed E-state index contributed by atoms with van der Waals surface area (Å²) in [7, 11) is 0. The summed E-state index contributed by atoms with van der Waals surface area (Å²) in [4.78, 5) is 2.09. The standard InChI is InChI=1S/C11H13BrN2/c12-9-5-1-2-6-10(9)14-8-4-3-7-11(14)13/h1-2,5-6,13H,3-4,7-8H2. The van der Waals surface area contributed by atoms with E-state index in [0.717, 1.165) is 35.4 Å². The highest BCUT2D eigenvalue weighted by molar-refractivity contribution is 9.10. The molecule has 1 N–H and O–H groups in total. The van der Waals surface area contributed by atoms with Crippen LogP contribution in [0.4, 0.5) is 5.69 Å². The molecule has 1 aliphatic heterocycles. The van der Waals surface area contributed by atoms with Gasteiger partial charge in [0.1, 0.15) is 5.84 Å². The van der Waals surface area contributed by atoms with Gasteiger partial charge < -0.3 is 4.90 Å². The average molecular weight is 253 g/mol. The monoisotopic (exact) mass is 252 g/mol. The molecule has 1 aromatic rings. The second-order valence-corrected chi connectivity index (χ2v) is 4.36. The molecule has 1 saturated heterocycles. The molecule has 0 radical (unpaired) electrons. The molecule has 1 aromatic carbocycles. The van der Waals surface area contributed by atoms with E-state index < -0.39 is 0 Å². The zero-order chi connectivity index (χ0) is 9.97. The molecule has 1 fully saturated rings. The molecule has 2 rings (SSSR count). The van der Waals surface area contributed by atoms with Gasteiger partial charge in [-0.1, -0.05) is 12.1 Å². The lowest BCUT2D eigenvalue weighted by atomic mass is 10.1. The molecule has 0 atom stereocenters. The number of piperidine rings is 1. The van der Waals surface area contributed by atoms with Gasteiger partial charge in [0.15, 0.2) is 0 Å². The van der Waals surface area contributed by atoms with Crippen LogP contribution in [0.1, 0.15) is 19.3 Å². The van der Waals surface area contributed by atoms with Crippen LogP contribution in [0.25, 0.3) is 0 Å². The number of hydrogen-bond donors (Lipinski definition) is 1. The highest BCUT2D eigenvalue weighted by Crippen LogP contribution is 2.28. The summed E-state index contributed by atoms with van der Waals surface area (Å²) in [5.41, 5.74) is 1.12. The Balaban J connectivity index is 2.29. The number of benzene rings is 1. The van der Waals surface area contributed by atoms with Crippen molar-refractivity contribution in [2.45, 2.75) is 19.3 Å². The minimum absolute atomic E-state index is 0.739. The maximum absolute atomic E-state index is 7.89. The molecule has 14 heavy (non-hydrogen) atoms. The van der Waals surface area contributed by atoms with Gasteiger partial charge in [0, 0.05) is 17.4 Å². The van der Waals surface area contributed by atoms with Crippen LogP contribution in [0, 0.1) is 5.41 Å². The Bertz CT molecular complexity index is 349. The predicted molar refractivity (Wildman–Crippen MR) is 63.1 cm³/mol. The first-order chi connectivity index (χ1) is 6.79. The zero-order valence-electron chi connectivity index (χ0n) is 7.96. The van der Waals surface area contributed by atoms with Gasteiger partial charge in [0.25, 0.3) is 0 Å². The topological polar surface area (TPSA) is 27.1 Å². The minimum atomic E-state index is 0.739. The molecule has 74 valence electrons. The predicted octanol–water partition coefficient (Wildman–Crippen LogP) is 3.42. The van der Waals surface area contributed by atoms with E-state index in [0.29, 0.717) is 0 Å². The first-order valence-corrected chi connectivity index (χ1v) is 5.68. The van der Waals surface area contributed by atoms with E-state index in [4.69, 9.17) is 5.41 Å². The Kier molecular flexibility index (Phi) is 2.87. The number of hydrogen-bond acceptors (Lipinski definition) is 1. The normalized spacial score (nSPS) is 17.2. The first kappa shape index (κ1) is 9.71. The maximum Gasteiger partial charge on any atom is 0.100 e. The lowest BCUT2D eigenvalue weighted by Gasteiger charge is -2.30. The number of amidine groups is 1. The van der Waals surface area contributed by atoms with E-state index in [1.54, 1.807) is 0 Å². The number of anilines is 1. The quantitative estimate of drug-likeness (QED) is 0.815. The zero-order valence-corrected chi connectivity index (χ0v) is 9.55. The molecule has 2 nitrogen and oxygen atoms in total. The lowest BCUT2D eigenvalue weighted by Crippen LogP contribution is -2.34. The van der Waals surface area contributed by atoms with E-state index in [2.05, 4.69) is 26.9 Å². The van der Waals surface area contributed by atoms with Gasteiger partial charge in [0.05, 0.1) is 5.69 Å². The molecule has 3 heteroatoms. The molecular weight excluding hydrogens is 240 g/mol. The van der Waals surface area contributed by atoms with E-state index in [1.807, 2.05) is 18.2 Å². The second-order valence-electron chi connectivity index (χ2n) is 3.51. The van der Waals surface area contributed by atoms with Gasteiger partial charge in [-0.15, -0.1) is 0 Å². The number of para-hydroxylation sites is 1. The van der Waals surface area contributed by atoms with Gasteiger partial charge in [-0.05, 0) is 40.9 Å². The van der Waals surface area contributed by atoms with Gasteiger partial charge in [-0.2, -0.15) is 0 Å². The van der Waals surface area contributed by atoms with Crippen molar-refractivity contribution in [2.24, 2.45) is 0 Å². The third-order valence-corrected chi connectivity index (χ3v) is 3.18. The lowest BCUT2D eigenvalue weighted by molar-refractivity contribution is 0.707. The second kappa shape index (κ2) is 4.13. The third-order valence-electron chi connectivity index (χ3n) is 2.51. The molecular formula is C11H13BrN2. The Morgan fingerprint density at radius 2 is 2.00 bits per heavy atom. The smallest absolute Gasteiger partial charge is 0.100 e. The fourth-order valence-corrected chi connectivity index (χ4v) is 2.27. The molecule has 0 saturated carbocycles. The van der Waals surface area contributed by atoms with Crippen LogP contribution in [-0.2, 0) is 0 Å². The van der Waals surface area contributed by atoms with Gasteiger partial charge in [-0.25, -0.2) is 0 Å². The van der Waals surface area contributed by atoms with E-state index in [9.17, 15) is 0 Å². The number of halogens is 1. The number of rotatable bonds is 1. The summed E-state index contributed by atoms with van der Waals surface area (Å²) in [6.45, 7) is 0.974. The maximum atomic E-state index is 7.89. The SMILES string of the molecule is N=C1CCCCN1c1ccccc1Br. The summed E-state index contributed by atoms with van der Waals surface area (Å²) >= 11 is 3.52. The summed E-state index contributed by atoms with van der Waals surface area (Å²) in [5, 5.41) is 7.89. The fourth-order valence-electron chi connectivity index (χ4n) is 1.77. The van der Waals surface area contributed by atoms with Crippen molar-refractivity contribution >= 4 is 27.5 Å². The van der Waals surface area contributed by atoms with E-state index >= 15 is 0 Å². The molecule has 0 aromatic heterocycles. The van der Waals surface area contributed by atoms with Gasteiger partial charge in [-0.3, -0.25) is 5.41 Å². The molecule has 0 spiro atoms. The van der Waals surface area contributed by atoms with Crippen LogP contribution in [0.3, 0.4) is 0 Å². The van der Waals surface area contributed by atoms with E-state index in [-0.39, 0.29) is 0 Å². The van der Waals surface area contributed by atoms with Crippen LogP contribution < -0.4 is 4.90 Å². The largest absolute Gasteiger partial charge is 0.329 e. The van der Waals surface area contributed by atoms with Crippen molar-refractivity contribution in [1.82, 2.24) is 0 Å². The number of nitrogens with zero attached hydrogens (tertiary/aromatic N) is 1. The molecule has 0 bridgehead atoms. The molecule has 1 aliphatic rings. The highest BCUT2D eigenvalue weighted by atomic mass is 79.9. The summed E-state index contributed by atoms with van der Waals surface area (Å²) < 4.78 is 1.08. The molecule has 1 heterocycles. The van der Waals surface area contributed by atoms with Crippen molar-refractivity contribution in [3.63, 3.8) is 0 Å². The minimum Gasteiger partial charge on any atom is -0.329 e. The van der Waals surface area contributed by atoms with Crippen molar-refractivity contribution in [3.8, 4) is 0 Å². The van der Waals surface area contributed by atoms with Crippen molar-refractivity contribution < 1.29 is 0 Å². The average Bonchev–Trinajstić information content (AvgIpc) is 2.20. The fraction of sp³-hybridized carbons (Fsp3) is 0.364.